The normalized spacial score (nSPS) is 10.3. The highest BCUT2D eigenvalue weighted by molar-refractivity contribution is 5.93. The van der Waals surface area contributed by atoms with Crippen molar-refractivity contribution >= 4 is 11.6 Å². The number of nitrogens with one attached hydrogen (secondary N) is 2. The first-order valence-corrected chi connectivity index (χ1v) is 8.06. The molecule has 0 spiro atoms. The lowest BCUT2D eigenvalue weighted by molar-refractivity contribution is -0.115. The van der Waals surface area contributed by atoms with Crippen LogP contribution in [0.5, 0.6) is 5.75 Å². The molecule has 2 aromatic rings. The number of carbonyl (C=O) groups excluding carboxylic acids is 1. The number of ether oxygens (including phenoxy) is 1. The van der Waals surface area contributed by atoms with E-state index < -0.39 is 0 Å². The summed E-state index contributed by atoms with van der Waals surface area (Å²) in [4.78, 5) is 11.8. The number of anilines is 1. The van der Waals surface area contributed by atoms with Crippen molar-refractivity contribution in [1.29, 1.82) is 0 Å². The van der Waals surface area contributed by atoms with E-state index in [9.17, 15) is 4.79 Å². The van der Waals surface area contributed by atoms with Crippen molar-refractivity contribution in [3.05, 3.63) is 60.2 Å². The van der Waals surface area contributed by atoms with E-state index in [2.05, 4.69) is 22.8 Å². The number of likely N-dealkylation sites (N-methyl/N-ethyl adjacent to an activating group) is 1. The van der Waals surface area contributed by atoms with Crippen LogP contribution in [-0.4, -0.2) is 25.6 Å². The standard InChI is InChI=1S/C19H24N2O2/c1-2-20-15-19(22)21-17-12-6-7-13-18(17)23-14-8-11-16-9-4-3-5-10-16/h3-7,9-10,12-13,20H,2,8,11,14-15H2,1H3,(H,21,22). The molecule has 0 fully saturated rings. The van der Waals surface area contributed by atoms with Crippen LogP contribution in [0.15, 0.2) is 54.6 Å². The highest BCUT2D eigenvalue weighted by Crippen LogP contribution is 2.23. The molecule has 2 rings (SSSR count). The van der Waals surface area contributed by atoms with Gasteiger partial charge >= 0.3 is 0 Å². The van der Waals surface area contributed by atoms with Crippen LogP contribution in [0.3, 0.4) is 0 Å². The second-order valence-corrected chi connectivity index (χ2v) is 5.26. The molecule has 0 bridgehead atoms. The molecule has 2 N–H and O–H groups in total. The van der Waals surface area contributed by atoms with Crippen LogP contribution in [0.4, 0.5) is 5.69 Å². The van der Waals surface area contributed by atoms with Crippen molar-refractivity contribution in [2.24, 2.45) is 0 Å². The Balaban J connectivity index is 1.81. The monoisotopic (exact) mass is 312 g/mol. The lowest BCUT2D eigenvalue weighted by atomic mass is 10.1. The Morgan fingerprint density at radius 2 is 1.78 bits per heavy atom. The van der Waals surface area contributed by atoms with Crippen LogP contribution in [0.1, 0.15) is 18.9 Å². The van der Waals surface area contributed by atoms with Gasteiger partial charge in [0.05, 0.1) is 18.8 Å². The Morgan fingerprint density at radius 1 is 1.04 bits per heavy atom. The van der Waals surface area contributed by atoms with Crippen LogP contribution in [0, 0.1) is 0 Å². The molecule has 2 aromatic carbocycles. The molecular weight excluding hydrogens is 288 g/mol. The molecule has 1 amide bonds. The predicted molar refractivity (Wildman–Crippen MR) is 93.9 cm³/mol. The number of hydrogen-bond acceptors (Lipinski definition) is 3. The van der Waals surface area contributed by atoms with Gasteiger partial charge in [0, 0.05) is 0 Å². The summed E-state index contributed by atoms with van der Waals surface area (Å²) in [7, 11) is 0. The summed E-state index contributed by atoms with van der Waals surface area (Å²) in [6.07, 6.45) is 1.92. The zero-order valence-electron chi connectivity index (χ0n) is 13.5. The van der Waals surface area contributed by atoms with E-state index in [1.54, 1.807) is 0 Å². The predicted octanol–water partition coefficient (Wildman–Crippen LogP) is 3.25. The second kappa shape index (κ2) is 9.64. The molecule has 0 heterocycles. The third kappa shape index (κ3) is 6.12. The van der Waals surface area contributed by atoms with E-state index in [1.165, 1.54) is 5.56 Å². The largest absolute Gasteiger partial charge is 0.491 e. The average molecular weight is 312 g/mol. The Hall–Kier alpha value is -2.33. The zero-order valence-corrected chi connectivity index (χ0v) is 13.5. The van der Waals surface area contributed by atoms with Crippen LogP contribution < -0.4 is 15.4 Å². The molecule has 0 atom stereocenters. The molecule has 122 valence electrons. The van der Waals surface area contributed by atoms with Gasteiger partial charge in [-0.25, -0.2) is 0 Å². The van der Waals surface area contributed by atoms with Crippen LogP contribution >= 0.6 is 0 Å². The maximum absolute atomic E-state index is 11.8. The molecule has 0 aliphatic rings. The Morgan fingerprint density at radius 3 is 2.57 bits per heavy atom. The van der Waals surface area contributed by atoms with Gasteiger partial charge in [-0.2, -0.15) is 0 Å². The fourth-order valence-electron chi connectivity index (χ4n) is 2.23. The highest BCUT2D eigenvalue weighted by Gasteiger charge is 2.07. The lowest BCUT2D eigenvalue weighted by Crippen LogP contribution is -2.27. The number of amides is 1. The minimum atomic E-state index is -0.0628. The molecule has 0 aliphatic carbocycles. The van der Waals surface area contributed by atoms with Gasteiger partial charge in [0.25, 0.3) is 0 Å². The number of carbonyl (C=O) groups is 1. The number of benzene rings is 2. The maximum Gasteiger partial charge on any atom is 0.238 e. The lowest BCUT2D eigenvalue weighted by Gasteiger charge is -2.12. The van der Waals surface area contributed by atoms with Gasteiger partial charge in [0.2, 0.25) is 5.91 Å². The maximum atomic E-state index is 11.8. The average Bonchev–Trinajstić information content (AvgIpc) is 2.59. The van der Waals surface area contributed by atoms with E-state index in [-0.39, 0.29) is 5.91 Å². The topological polar surface area (TPSA) is 50.4 Å². The van der Waals surface area contributed by atoms with Crippen LogP contribution in [-0.2, 0) is 11.2 Å². The fourth-order valence-corrected chi connectivity index (χ4v) is 2.23. The van der Waals surface area contributed by atoms with Crippen LogP contribution in [0.25, 0.3) is 0 Å². The highest BCUT2D eigenvalue weighted by atomic mass is 16.5. The summed E-state index contributed by atoms with van der Waals surface area (Å²) >= 11 is 0. The van der Waals surface area contributed by atoms with Gasteiger partial charge < -0.3 is 15.4 Å². The van der Waals surface area contributed by atoms with Crippen molar-refractivity contribution in [2.45, 2.75) is 19.8 Å². The fraction of sp³-hybridized carbons (Fsp3) is 0.316. The summed E-state index contributed by atoms with van der Waals surface area (Å²) < 4.78 is 5.83. The summed E-state index contributed by atoms with van der Waals surface area (Å²) in [5.74, 6) is 0.651. The first-order chi connectivity index (χ1) is 11.3. The zero-order chi connectivity index (χ0) is 16.3. The minimum absolute atomic E-state index is 0.0628. The summed E-state index contributed by atoms with van der Waals surface area (Å²) in [6.45, 7) is 3.66. The number of rotatable bonds is 9. The second-order valence-electron chi connectivity index (χ2n) is 5.26. The molecule has 23 heavy (non-hydrogen) atoms. The van der Waals surface area contributed by atoms with E-state index in [4.69, 9.17) is 4.74 Å². The van der Waals surface area contributed by atoms with Gasteiger partial charge in [0.1, 0.15) is 5.75 Å². The van der Waals surface area contributed by atoms with Gasteiger partial charge in [-0.05, 0) is 37.1 Å². The molecule has 0 saturated carbocycles. The minimum Gasteiger partial charge on any atom is -0.491 e. The number of para-hydroxylation sites is 2. The summed E-state index contributed by atoms with van der Waals surface area (Å²) in [5, 5.41) is 5.88. The van der Waals surface area contributed by atoms with Gasteiger partial charge in [-0.1, -0.05) is 49.4 Å². The molecule has 0 radical (unpaired) electrons. The molecular formula is C19H24N2O2. The smallest absolute Gasteiger partial charge is 0.238 e. The Kier molecular flexibility index (Phi) is 7.14. The third-order valence-corrected chi connectivity index (χ3v) is 3.41. The Bertz CT molecular complexity index is 599. The van der Waals surface area contributed by atoms with E-state index in [0.717, 1.165) is 25.1 Å². The number of aryl methyl sites for hydroxylation is 1. The SMILES string of the molecule is CCNCC(=O)Nc1ccccc1OCCCc1ccccc1. The van der Waals surface area contributed by atoms with Crippen molar-refractivity contribution in [3.63, 3.8) is 0 Å². The quantitative estimate of drug-likeness (QED) is 0.699. The first kappa shape index (κ1) is 17.0. The summed E-state index contributed by atoms with van der Waals surface area (Å²) in [5.41, 5.74) is 2.03. The number of hydrogen-bond donors (Lipinski definition) is 2. The van der Waals surface area contributed by atoms with Gasteiger partial charge in [-0.3, -0.25) is 4.79 Å². The third-order valence-electron chi connectivity index (χ3n) is 3.41. The van der Waals surface area contributed by atoms with Crippen LogP contribution in [0.2, 0.25) is 0 Å². The van der Waals surface area contributed by atoms with Gasteiger partial charge in [-0.15, -0.1) is 0 Å². The van der Waals surface area contributed by atoms with Crippen molar-refractivity contribution in [3.8, 4) is 5.75 Å². The molecule has 4 nitrogen and oxygen atoms in total. The van der Waals surface area contributed by atoms with Crippen molar-refractivity contribution in [1.82, 2.24) is 5.32 Å². The van der Waals surface area contributed by atoms with E-state index >= 15 is 0 Å². The first-order valence-electron chi connectivity index (χ1n) is 8.06. The van der Waals surface area contributed by atoms with Crippen molar-refractivity contribution in [2.75, 3.05) is 25.0 Å². The molecule has 0 unspecified atom stereocenters. The molecule has 4 heteroatoms. The summed E-state index contributed by atoms with van der Waals surface area (Å²) in [6, 6.07) is 17.9. The molecule has 0 saturated heterocycles. The van der Waals surface area contributed by atoms with E-state index in [0.29, 0.717) is 18.9 Å². The van der Waals surface area contributed by atoms with Crippen molar-refractivity contribution < 1.29 is 9.53 Å². The van der Waals surface area contributed by atoms with Gasteiger partial charge in [0.15, 0.2) is 0 Å². The molecule has 0 aromatic heterocycles. The Labute approximate surface area is 137 Å². The van der Waals surface area contributed by atoms with E-state index in [1.807, 2.05) is 49.4 Å². The molecule has 0 aliphatic heterocycles.